The van der Waals surface area contributed by atoms with Gasteiger partial charge in [-0.3, -0.25) is 14.4 Å². The number of benzene rings is 3. The number of hydrogen-bond donors (Lipinski definition) is 2. The highest BCUT2D eigenvalue weighted by molar-refractivity contribution is 6.34. The number of hydrogen-bond acceptors (Lipinski definition) is 4. The van der Waals surface area contributed by atoms with Crippen LogP contribution in [-0.2, 0) is 24.1 Å². The van der Waals surface area contributed by atoms with Crippen LogP contribution in [0, 0.1) is 11.7 Å². The van der Waals surface area contributed by atoms with E-state index >= 15 is 0 Å². The Morgan fingerprint density at radius 3 is 2.50 bits per heavy atom. The summed E-state index contributed by atoms with van der Waals surface area (Å²) in [5.74, 6) is -2.35. The number of anilines is 1. The molecule has 210 valence electrons. The number of alkyl halides is 3. The van der Waals surface area contributed by atoms with E-state index in [1.165, 1.54) is 24.3 Å². The van der Waals surface area contributed by atoms with Crippen LogP contribution >= 0.6 is 11.6 Å². The molecule has 3 amide bonds. The van der Waals surface area contributed by atoms with E-state index in [-0.39, 0.29) is 64.8 Å². The minimum absolute atomic E-state index is 0.0590. The Hall–Kier alpha value is -4.12. The van der Waals surface area contributed by atoms with Crippen LogP contribution in [0.2, 0.25) is 5.02 Å². The molecule has 3 aromatic carbocycles. The lowest BCUT2D eigenvalue weighted by Gasteiger charge is -2.29. The summed E-state index contributed by atoms with van der Waals surface area (Å²) in [6.07, 6.45) is -4.75. The van der Waals surface area contributed by atoms with Crippen LogP contribution in [0.15, 0.2) is 54.6 Å². The van der Waals surface area contributed by atoms with E-state index in [4.69, 9.17) is 16.3 Å². The van der Waals surface area contributed by atoms with Gasteiger partial charge in [-0.25, -0.2) is 4.39 Å². The minimum Gasteiger partial charge on any atom is -0.472 e. The number of ether oxygens (including phenoxy) is 1. The highest BCUT2D eigenvalue weighted by Crippen LogP contribution is 2.32. The maximum atomic E-state index is 13.8. The molecule has 0 aromatic heterocycles. The molecule has 0 radical (unpaired) electrons. The smallest absolute Gasteiger partial charge is 0.416 e. The third kappa shape index (κ3) is 6.71. The Labute approximate surface area is 232 Å². The molecule has 1 heterocycles. The molecule has 40 heavy (non-hydrogen) atoms. The van der Waals surface area contributed by atoms with E-state index in [9.17, 15) is 31.9 Å². The molecular formula is C28H24ClF4N3O4. The fourth-order valence-electron chi connectivity index (χ4n) is 3.97. The molecule has 0 bridgehead atoms. The van der Waals surface area contributed by atoms with E-state index in [2.05, 4.69) is 10.6 Å². The van der Waals surface area contributed by atoms with E-state index < -0.39 is 29.4 Å². The largest absolute Gasteiger partial charge is 0.472 e. The zero-order chi connectivity index (χ0) is 29.2. The van der Waals surface area contributed by atoms with Crippen molar-refractivity contribution in [1.29, 1.82) is 0 Å². The third-order valence-corrected chi connectivity index (χ3v) is 6.39. The van der Waals surface area contributed by atoms with Gasteiger partial charge in [-0.15, -0.1) is 0 Å². The summed E-state index contributed by atoms with van der Waals surface area (Å²) in [6.45, 7) is 3.13. The van der Waals surface area contributed by atoms with Crippen LogP contribution in [0.3, 0.4) is 0 Å². The van der Waals surface area contributed by atoms with Gasteiger partial charge in [-0.1, -0.05) is 31.5 Å². The number of fused-ring (bicyclic) bond motifs is 1. The Bertz CT molecular complexity index is 1480. The molecule has 3 aromatic rings. The Morgan fingerprint density at radius 1 is 1.05 bits per heavy atom. The first-order chi connectivity index (χ1) is 18.8. The monoisotopic (exact) mass is 577 g/mol. The fourth-order valence-corrected chi connectivity index (χ4v) is 4.17. The van der Waals surface area contributed by atoms with E-state index in [0.717, 1.165) is 17.0 Å². The number of halogens is 5. The van der Waals surface area contributed by atoms with Crippen LogP contribution < -0.4 is 15.4 Å². The van der Waals surface area contributed by atoms with E-state index in [1.54, 1.807) is 26.0 Å². The number of rotatable bonds is 7. The number of carbonyl (C=O) groups excluding carboxylic acids is 3. The van der Waals surface area contributed by atoms with Gasteiger partial charge in [0.05, 0.1) is 21.7 Å². The Kier molecular flexibility index (Phi) is 8.34. The lowest BCUT2D eigenvalue weighted by Crippen LogP contribution is -2.38. The second-order valence-corrected chi connectivity index (χ2v) is 9.88. The van der Waals surface area contributed by atoms with Crippen molar-refractivity contribution in [1.82, 2.24) is 10.2 Å². The van der Waals surface area contributed by atoms with Gasteiger partial charge in [0.1, 0.15) is 11.6 Å². The van der Waals surface area contributed by atoms with Crippen molar-refractivity contribution in [3.8, 4) is 5.75 Å². The minimum atomic E-state index is -4.75. The standard InChI is InChI=1S/C28H24ClF4N3O4/c1-15(2)25(37)34-12-16-3-5-23(29)21(9-16)26(38)35-20-4-6-24-22(11-20)27(39)36(14-40-24)13-17-7-18(28(31,32)33)10-19(30)8-17/h3-11,15H,12-14H2,1-2H3,(H,34,37)(H,35,38). The second kappa shape index (κ2) is 11.5. The second-order valence-electron chi connectivity index (χ2n) is 9.47. The van der Waals surface area contributed by atoms with Crippen molar-refractivity contribution in [3.63, 3.8) is 0 Å². The summed E-state index contributed by atoms with van der Waals surface area (Å²) in [6, 6.07) is 11.2. The summed E-state index contributed by atoms with van der Waals surface area (Å²) in [7, 11) is 0. The van der Waals surface area contributed by atoms with Gasteiger partial charge in [0.15, 0.2) is 6.73 Å². The first-order valence-electron chi connectivity index (χ1n) is 12.1. The average Bonchev–Trinajstić information content (AvgIpc) is 2.89. The third-order valence-electron chi connectivity index (χ3n) is 6.06. The summed E-state index contributed by atoms with van der Waals surface area (Å²) in [5.41, 5.74) is -0.125. The van der Waals surface area contributed by atoms with Crippen molar-refractivity contribution < 1.29 is 36.7 Å². The van der Waals surface area contributed by atoms with Crippen LogP contribution in [0.5, 0.6) is 5.75 Å². The Balaban J connectivity index is 1.49. The van der Waals surface area contributed by atoms with Crippen LogP contribution in [0.1, 0.15) is 51.3 Å². The maximum absolute atomic E-state index is 13.8. The zero-order valence-electron chi connectivity index (χ0n) is 21.4. The average molecular weight is 578 g/mol. The van der Waals surface area contributed by atoms with Crippen molar-refractivity contribution >= 4 is 35.0 Å². The first-order valence-corrected chi connectivity index (χ1v) is 12.5. The summed E-state index contributed by atoms with van der Waals surface area (Å²) in [4.78, 5) is 39.1. The van der Waals surface area contributed by atoms with Crippen molar-refractivity contribution in [3.05, 3.63) is 93.3 Å². The SMILES string of the molecule is CC(C)C(=O)NCc1ccc(Cl)c(C(=O)Nc2ccc3c(c2)C(=O)N(Cc2cc(F)cc(C(F)(F)F)c2)CO3)c1. The fraction of sp³-hybridized carbons (Fsp3) is 0.250. The maximum Gasteiger partial charge on any atom is 0.416 e. The summed E-state index contributed by atoms with van der Waals surface area (Å²) < 4.78 is 58.7. The van der Waals surface area contributed by atoms with Gasteiger partial charge in [0, 0.05) is 24.7 Å². The molecule has 0 aliphatic carbocycles. The quantitative estimate of drug-likeness (QED) is 0.337. The van der Waals surface area contributed by atoms with Crippen molar-refractivity contribution in [2.45, 2.75) is 33.1 Å². The summed E-state index contributed by atoms with van der Waals surface area (Å²) >= 11 is 6.23. The molecule has 4 rings (SSSR count). The molecule has 12 heteroatoms. The first kappa shape index (κ1) is 28.9. The predicted octanol–water partition coefficient (Wildman–Crippen LogP) is 6.01. The Morgan fingerprint density at radius 2 is 1.80 bits per heavy atom. The lowest BCUT2D eigenvalue weighted by atomic mass is 10.1. The molecule has 2 N–H and O–H groups in total. The van der Waals surface area contributed by atoms with Crippen molar-refractivity contribution in [2.75, 3.05) is 12.0 Å². The van der Waals surface area contributed by atoms with Crippen LogP contribution in [0.4, 0.5) is 23.2 Å². The summed E-state index contributed by atoms with van der Waals surface area (Å²) in [5, 5.41) is 5.60. The topological polar surface area (TPSA) is 87.7 Å². The van der Waals surface area contributed by atoms with Crippen LogP contribution in [0.25, 0.3) is 0 Å². The molecule has 7 nitrogen and oxygen atoms in total. The predicted molar refractivity (Wildman–Crippen MR) is 139 cm³/mol. The lowest BCUT2D eigenvalue weighted by molar-refractivity contribution is -0.137. The molecule has 0 saturated carbocycles. The number of amides is 3. The van der Waals surface area contributed by atoms with Gasteiger partial charge in [0.25, 0.3) is 11.8 Å². The normalized spacial score (nSPS) is 13.1. The van der Waals surface area contributed by atoms with Crippen LogP contribution in [-0.4, -0.2) is 29.4 Å². The van der Waals surface area contributed by atoms with Gasteiger partial charge in [-0.05, 0) is 59.7 Å². The highest BCUT2D eigenvalue weighted by Gasteiger charge is 2.32. The molecule has 0 spiro atoms. The van der Waals surface area contributed by atoms with E-state index in [0.29, 0.717) is 11.6 Å². The van der Waals surface area contributed by atoms with Gasteiger partial charge < -0.3 is 20.3 Å². The molecule has 0 unspecified atom stereocenters. The highest BCUT2D eigenvalue weighted by atomic mass is 35.5. The van der Waals surface area contributed by atoms with Gasteiger partial charge in [-0.2, -0.15) is 13.2 Å². The zero-order valence-corrected chi connectivity index (χ0v) is 22.1. The van der Waals surface area contributed by atoms with Gasteiger partial charge >= 0.3 is 6.18 Å². The van der Waals surface area contributed by atoms with Gasteiger partial charge in [0.2, 0.25) is 5.91 Å². The number of nitrogens with one attached hydrogen (secondary N) is 2. The molecule has 1 aliphatic heterocycles. The molecule has 0 saturated heterocycles. The molecule has 0 fully saturated rings. The molecule has 1 aliphatic rings. The number of nitrogens with zero attached hydrogens (tertiary/aromatic N) is 1. The molecule has 0 atom stereocenters. The molecular weight excluding hydrogens is 554 g/mol. The number of carbonyl (C=O) groups is 3. The van der Waals surface area contributed by atoms with Crippen molar-refractivity contribution in [2.24, 2.45) is 5.92 Å². The van der Waals surface area contributed by atoms with E-state index in [1.807, 2.05) is 0 Å².